The zero-order valence-electron chi connectivity index (χ0n) is 5.06. The Morgan fingerprint density at radius 1 is 1.50 bits per heavy atom. The van der Waals surface area contributed by atoms with Gasteiger partial charge in [0.1, 0.15) is 0 Å². The molecule has 2 heteroatoms. The fraction of sp³-hybridized carbons (Fsp3) is 0.333. The van der Waals surface area contributed by atoms with Gasteiger partial charge in [-0.1, -0.05) is 0 Å². The van der Waals surface area contributed by atoms with Crippen LogP contribution in [0.1, 0.15) is 10.0 Å². The van der Waals surface area contributed by atoms with E-state index < -0.39 is 0 Å². The number of rotatable bonds is 0. The van der Waals surface area contributed by atoms with Crippen LogP contribution in [0.3, 0.4) is 0 Å². The monoisotopic (exact) mass is 248 g/mol. The van der Waals surface area contributed by atoms with Gasteiger partial charge in [0.15, 0.2) is 0 Å². The minimum atomic E-state index is 0. The van der Waals surface area contributed by atoms with Crippen LogP contribution in [0.5, 0.6) is 0 Å². The Kier molecular flexibility index (Phi) is 4.56. The molecule has 0 aromatic carbocycles. The van der Waals surface area contributed by atoms with Crippen LogP contribution >= 0.6 is 0 Å². The number of hydrogen-bond acceptors (Lipinski definition) is 0. The average molecular weight is 247 g/mol. The third-order valence-corrected chi connectivity index (χ3v) is 2.73. The second-order valence-corrected chi connectivity index (χ2v) is 3.87. The van der Waals surface area contributed by atoms with Gasteiger partial charge in [0.05, 0.1) is 0 Å². The normalized spacial score (nSPS) is 8.25. The van der Waals surface area contributed by atoms with Crippen molar-refractivity contribution in [3.05, 3.63) is 21.0 Å². The summed E-state index contributed by atoms with van der Waals surface area (Å²) in [5.74, 6) is 0. The molecule has 1 aromatic rings. The summed E-state index contributed by atoms with van der Waals surface area (Å²) in [6.45, 7) is 4.23. The van der Waals surface area contributed by atoms with Gasteiger partial charge in [-0.3, -0.25) is 0 Å². The quantitative estimate of drug-likeness (QED) is 0.476. The van der Waals surface area contributed by atoms with Crippen LogP contribution in [0, 0.1) is 19.9 Å². The Hall–Kier alpha value is 1.10. The van der Waals surface area contributed by atoms with Gasteiger partial charge in [-0.2, -0.15) is 0 Å². The molecule has 0 saturated heterocycles. The fourth-order valence-electron chi connectivity index (χ4n) is 0.513. The van der Waals surface area contributed by atoms with Crippen molar-refractivity contribution in [1.82, 2.24) is 0 Å². The van der Waals surface area contributed by atoms with Crippen LogP contribution in [0.25, 0.3) is 0 Å². The van der Waals surface area contributed by atoms with E-state index in [2.05, 4.69) is 24.9 Å². The second kappa shape index (κ2) is 4.01. The van der Waals surface area contributed by atoms with Crippen LogP contribution < -0.4 is 0 Å². The van der Waals surface area contributed by atoms with E-state index in [0.29, 0.717) is 14.5 Å². The van der Waals surface area contributed by atoms with Crippen molar-refractivity contribution in [3.8, 4) is 0 Å². The average Bonchev–Trinajstić information content (AvgIpc) is 1.87. The molecule has 0 nitrogen and oxygen atoms in total. The minimum Gasteiger partial charge on any atom is 0 e. The third-order valence-electron chi connectivity index (χ3n) is 0.786. The molecule has 1 rings (SSSR count). The Bertz CT molecular complexity index is 141. The van der Waals surface area contributed by atoms with Crippen molar-refractivity contribution in [2.75, 3.05) is 0 Å². The van der Waals surface area contributed by atoms with Crippen molar-refractivity contribution < 1.29 is 32.7 Å². The molecule has 0 aliphatic rings. The van der Waals surface area contributed by atoms with Crippen molar-refractivity contribution >= 4 is 14.5 Å². The molecule has 8 heavy (non-hydrogen) atoms. The number of hydrogen-bond donors (Lipinski definition) is 0. The predicted molar refractivity (Wildman–Crippen MR) is 31.7 cm³/mol. The van der Waals surface area contributed by atoms with E-state index in [1.165, 1.54) is 10.0 Å². The van der Waals surface area contributed by atoms with Crippen LogP contribution in [0.2, 0.25) is 0 Å². The molecule has 0 bridgehead atoms. The first kappa shape index (κ1) is 9.10. The molecule has 0 N–H and O–H groups in total. The van der Waals surface area contributed by atoms with E-state index in [1.807, 2.05) is 0 Å². The summed E-state index contributed by atoms with van der Waals surface area (Å²) >= 11 is 0.643. The van der Waals surface area contributed by atoms with E-state index in [1.54, 1.807) is 0 Å². The molecule has 0 aliphatic carbocycles. The molecule has 0 spiro atoms. The topological polar surface area (TPSA) is 0 Å². The molecule has 0 aliphatic heterocycles. The molecular formula is C6H7SeY-. The summed E-state index contributed by atoms with van der Waals surface area (Å²) in [5, 5.41) is 0. The molecule has 0 unspecified atom stereocenters. The summed E-state index contributed by atoms with van der Waals surface area (Å²) in [4.78, 5) is 2.25. The SMILES string of the molecule is Cc1[c-]c(C)[se]c1.[Y]. The van der Waals surface area contributed by atoms with Crippen LogP contribution in [0.15, 0.2) is 4.94 Å². The predicted octanol–water partition coefficient (Wildman–Crippen LogP) is 1.16. The minimum absolute atomic E-state index is 0. The molecule has 41 valence electrons. The summed E-state index contributed by atoms with van der Waals surface area (Å²) in [6.07, 6.45) is 0. The maximum Gasteiger partial charge on any atom is 0 e. The molecular weight excluding hydrogens is 240 g/mol. The first-order valence-electron chi connectivity index (χ1n) is 2.23. The summed E-state index contributed by atoms with van der Waals surface area (Å²) < 4.78 is 1.42. The molecule has 1 heterocycles. The largest absolute Gasteiger partial charge is 0 e. The second-order valence-electron chi connectivity index (χ2n) is 1.60. The summed E-state index contributed by atoms with van der Waals surface area (Å²) in [7, 11) is 0. The first-order chi connectivity index (χ1) is 3.29. The fourth-order valence-corrected chi connectivity index (χ4v) is 1.84. The van der Waals surface area contributed by atoms with Crippen LogP contribution in [0.4, 0.5) is 0 Å². The van der Waals surface area contributed by atoms with E-state index in [0.717, 1.165) is 0 Å². The first-order valence-corrected chi connectivity index (χ1v) is 4.07. The summed E-state index contributed by atoms with van der Waals surface area (Å²) in [5.41, 5.74) is 1.32. The van der Waals surface area contributed by atoms with Gasteiger partial charge in [-0.15, -0.1) is 0 Å². The summed E-state index contributed by atoms with van der Waals surface area (Å²) in [6, 6.07) is 3.22. The van der Waals surface area contributed by atoms with Gasteiger partial charge >= 0.3 is 49.4 Å². The van der Waals surface area contributed by atoms with E-state index in [-0.39, 0.29) is 32.7 Å². The molecule has 0 atom stereocenters. The van der Waals surface area contributed by atoms with Gasteiger partial charge < -0.3 is 0 Å². The maximum atomic E-state index is 3.22. The molecule has 0 saturated carbocycles. The number of aryl methyl sites for hydroxylation is 2. The van der Waals surface area contributed by atoms with Crippen molar-refractivity contribution in [2.24, 2.45) is 0 Å². The Labute approximate surface area is 81.3 Å². The molecule has 0 fully saturated rings. The molecule has 0 amide bonds. The van der Waals surface area contributed by atoms with Gasteiger partial charge in [-0.05, 0) is 0 Å². The zero-order chi connectivity index (χ0) is 5.28. The van der Waals surface area contributed by atoms with Crippen molar-refractivity contribution in [2.45, 2.75) is 13.8 Å². The van der Waals surface area contributed by atoms with Crippen LogP contribution in [-0.4, -0.2) is 14.5 Å². The Morgan fingerprint density at radius 3 is 2.25 bits per heavy atom. The Morgan fingerprint density at radius 2 is 2.12 bits per heavy atom. The van der Waals surface area contributed by atoms with E-state index >= 15 is 0 Å². The van der Waals surface area contributed by atoms with E-state index in [4.69, 9.17) is 0 Å². The zero-order valence-corrected chi connectivity index (χ0v) is 9.61. The van der Waals surface area contributed by atoms with Crippen molar-refractivity contribution in [3.63, 3.8) is 0 Å². The van der Waals surface area contributed by atoms with E-state index in [9.17, 15) is 0 Å². The third kappa shape index (κ3) is 2.59. The molecule has 1 aromatic heterocycles. The van der Waals surface area contributed by atoms with Gasteiger partial charge in [0, 0.05) is 32.7 Å². The van der Waals surface area contributed by atoms with Crippen LogP contribution in [-0.2, 0) is 32.7 Å². The smallest absolute Gasteiger partial charge is 0 e. The van der Waals surface area contributed by atoms with Crippen molar-refractivity contribution in [1.29, 1.82) is 0 Å². The van der Waals surface area contributed by atoms with Gasteiger partial charge in [0.2, 0.25) is 0 Å². The standard InChI is InChI=1S/C6H7Se.Y/c1-5-3-6(2)7-4-5;/h4H,1-2H3;/q-1;. The Balaban J connectivity index is 0.000000490. The molecule has 1 radical (unpaired) electrons. The van der Waals surface area contributed by atoms with Gasteiger partial charge in [0.25, 0.3) is 0 Å². The maximum absolute atomic E-state index is 3.22. The van der Waals surface area contributed by atoms with Gasteiger partial charge in [-0.25, -0.2) is 0 Å².